The second-order valence-corrected chi connectivity index (χ2v) is 5.52. The lowest BCUT2D eigenvalue weighted by Gasteiger charge is -2.33. The molecule has 1 aliphatic carbocycles. The van der Waals surface area contributed by atoms with Gasteiger partial charge < -0.3 is 9.64 Å². The highest BCUT2D eigenvalue weighted by Crippen LogP contribution is 2.32. The zero-order valence-corrected chi connectivity index (χ0v) is 11.6. The summed E-state index contributed by atoms with van der Waals surface area (Å²) in [5.41, 5.74) is 0.772. The molecule has 1 heterocycles. The predicted molar refractivity (Wildman–Crippen MR) is 72.7 cm³/mol. The molecule has 0 radical (unpaired) electrons. The van der Waals surface area contributed by atoms with Crippen LogP contribution in [0.4, 0.5) is 4.39 Å². The van der Waals surface area contributed by atoms with Gasteiger partial charge >= 0.3 is 0 Å². The van der Waals surface area contributed by atoms with Crippen molar-refractivity contribution in [1.29, 1.82) is 0 Å². The second-order valence-electron chi connectivity index (χ2n) is 5.52. The van der Waals surface area contributed by atoms with Crippen molar-refractivity contribution in [2.45, 2.75) is 25.4 Å². The summed E-state index contributed by atoms with van der Waals surface area (Å²) in [5.74, 6) is 0.529. The van der Waals surface area contributed by atoms with Gasteiger partial charge in [-0.05, 0) is 36.5 Å². The molecule has 1 amide bonds. The van der Waals surface area contributed by atoms with Gasteiger partial charge in [0.2, 0.25) is 5.91 Å². The van der Waals surface area contributed by atoms with E-state index in [4.69, 9.17) is 4.74 Å². The van der Waals surface area contributed by atoms with Crippen LogP contribution in [0.25, 0.3) is 0 Å². The largest absolute Gasteiger partial charge is 0.494 e. The van der Waals surface area contributed by atoms with Gasteiger partial charge in [0.1, 0.15) is 6.17 Å². The van der Waals surface area contributed by atoms with Crippen LogP contribution in [-0.2, 0) is 4.79 Å². The van der Waals surface area contributed by atoms with Gasteiger partial charge in [0.05, 0.1) is 13.7 Å². The smallest absolute Gasteiger partial charge is 0.238 e. The minimum atomic E-state index is -0.394. The molecule has 20 heavy (non-hydrogen) atoms. The third kappa shape index (κ3) is 2.38. The molecule has 0 aromatic heterocycles. The number of rotatable bonds is 4. The van der Waals surface area contributed by atoms with Gasteiger partial charge in [-0.3, -0.25) is 10.1 Å². The molecule has 1 saturated carbocycles. The maximum Gasteiger partial charge on any atom is 0.238 e. The van der Waals surface area contributed by atoms with E-state index in [1.807, 2.05) is 11.0 Å². The summed E-state index contributed by atoms with van der Waals surface area (Å²) in [6.07, 6.45) is 3.41. The number of nitrogens with one attached hydrogen (secondary N) is 1. The van der Waals surface area contributed by atoms with E-state index in [1.165, 1.54) is 32.4 Å². The average molecular weight is 278 g/mol. The molecule has 1 saturated heterocycles. The van der Waals surface area contributed by atoms with Crippen molar-refractivity contribution in [1.82, 2.24) is 10.2 Å². The monoisotopic (exact) mass is 278 g/mol. The number of hydrogen-bond donors (Lipinski definition) is 1. The number of halogens is 1. The summed E-state index contributed by atoms with van der Waals surface area (Å²) in [6.45, 7) is 1.09. The van der Waals surface area contributed by atoms with Crippen molar-refractivity contribution < 1.29 is 13.9 Å². The van der Waals surface area contributed by atoms with Gasteiger partial charge in [0.15, 0.2) is 11.6 Å². The van der Waals surface area contributed by atoms with Crippen molar-refractivity contribution in [2.75, 3.05) is 20.2 Å². The summed E-state index contributed by atoms with van der Waals surface area (Å²) in [6, 6.07) is 4.87. The summed E-state index contributed by atoms with van der Waals surface area (Å²) < 4.78 is 18.7. The van der Waals surface area contributed by atoms with Crippen molar-refractivity contribution >= 4 is 5.91 Å². The predicted octanol–water partition coefficient (Wildman–Crippen LogP) is 2.06. The van der Waals surface area contributed by atoms with Crippen LogP contribution in [0, 0.1) is 11.7 Å². The van der Waals surface area contributed by atoms with Crippen LogP contribution in [0.1, 0.15) is 31.0 Å². The Kier molecular flexibility index (Phi) is 3.61. The van der Waals surface area contributed by atoms with Crippen LogP contribution >= 0.6 is 0 Å². The zero-order valence-electron chi connectivity index (χ0n) is 11.6. The lowest BCUT2D eigenvalue weighted by Crippen LogP contribution is -2.36. The van der Waals surface area contributed by atoms with Crippen LogP contribution in [0.3, 0.4) is 0 Å². The molecule has 1 atom stereocenters. The van der Waals surface area contributed by atoms with Crippen molar-refractivity contribution in [3.05, 3.63) is 29.6 Å². The Morgan fingerprint density at radius 1 is 1.45 bits per heavy atom. The number of amides is 1. The first kappa shape index (κ1) is 13.4. The zero-order chi connectivity index (χ0) is 14.1. The topological polar surface area (TPSA) is 41.6 Å². The molecule has 2 fully saturated rings. The minimum absolute atomic E-state index is 0.0955. The number of hydrogen-bond acceptors (Lipinski definition) is 3. The lowest BCUT2D eigenvalue weighted by molar-refractivity contribution is -0.129. The summed E-state index contributed by atoms with van der Waals surface area (Å²) >= 11 is 0. The first-order valence-corrected chi connectivity index (χ1v) is 7.05. The number of benzene rings is 1. The van der Waals surface area contributed by atoms with E-state index in [0.29, 0.717) is 12.5 Å². The van der Waals surface area contributed by atoms with Crippen molar-refractivity contribution in [3.8, 4) is 5.75 Å². The Morgan fingerprint density at radius 2 is 2.25 bits per heavy atom. The van der Waals surface area contributed by atoms with Crippen LogP contribution in [-0.4, -0.2) is 31.0 Å². The molecule has 4 nitrogen and oxygen atoms in total. The summed E-state index contributed by atoms with van der Waals surface area (Å²) in [5, 5.41) is 3.16. The van der Waals surface area contributed by atoms with E-state index in [2.05, 4.69) is 5.32 Å². The molecule has 1 unspecified atom stereocenters. The Morgan fingerprint density at radius 3 is 2.85 bits per heavy atom. The lowest BCUT2D eigenvalue weighted by atomic mass is 9.85. The number of ether oxygens (including phenoxy) is 1. The summed E-state index contributed by atoms with van der Waals surface area (Å²) in [7, 11) is 1.44. The van der Waals surface area contributed by atoms with Gasteiger partial charge in [-0.25, -0.2) is 4.39 Å². The van der Waals surface area contributed by atoms with Crippen molar-refractivity contribution in [2.24, 2.45) is 5.92 Å². The average Bonchev–Trinajstić information content (AvgIpc) is 2.75. The molecule has 3 rings (SSSR count). The minimum Gasteiger partial charge on any atom is -0.494 e. The highest BCUT2D eigenvalue weighted by Gasteiger charge is 2.34. The van der Waals surface area contributed by atoms with Gasteiger partial charge in [-0.2, -0.15) is 0 Å². The first-order valence-electron chi connectivity index (χ1n) is 7.05. The van der Waals surface area contributed by atoms with E-state index in [9.17, 15) is 9.18 Å². The molecule has 1 aromatic rings. The molecular weight excluding hydrogens is 259 g/mol. The molecule has 2 aliphatic rings. The standard InChI is InChI=1S/C15H19FN2O2/c1-20-13-6-5-11(7-12(13)16)15-17-8-14(19)18(15)9-10-3-2-4-10/h5-7,10,15,17H,2-4,8-9H2,1H3. The maximum atomic E-state index is 13.8. The molecule has 1 N–H and O–H groups in total. The molecular formula is C15H19FN2O2. The molecule has 0 spiro atoms. The third-order valence-electron chi connectivity index (χ3n) is 4.25. The molecule has 0 bridgehead atoms. The Balaban J connectivity index is 1.80. The van der Waals surface area contributed by atoms with Gasteiger partial charge in [0.25, 0.3) is 0 Å². The molecule has 1 aliphatic heterocycles. The normalized spacial score (nSPS) is 23.0. The van der Waals surface area contributed by atoms with E-state index in [0.717, 1.165) is 12.1 Å². The fourth-order valence-electron chi connectivity index (χ4n) is 2.85. The Hall–Kier alpha value is -1.62. The molecule has 1 aromatic carbocycles. The van der Waals surface area contributed by atoms with Gasteiger partial charge in [0, 0.05) is 6.54 Å². The van der Waals surface area contributed by atoms with E-state index < -0.39 is 5.82 Å². The van der Waals surface area contributed by atoms with Gasteiger partial charge in [-0.1, -0.05) is 12.5 Å². The quantitative estimate of drug-likeness (QED) is 0.916. The first-order chi connectivity index (χ1) is 9.69. The fraction of sp³-hybridized carbons (Fsp3) is 0.533. The number of methoxy groups -OCH3 is 1. The van der Waals surface area contributed by atoms with E-state index in [-0.39, 0.29) is 17.8 Å². The highest BCUT2D eigenvalue weighted by atomic mass is 19.1. The Labute approximate surface area is 117 Å². The van der Waals surface area contributed by atoms with Gasteiger partial charge in [-0.15, -0.1) is 0 Å². The van der Waals surface area contributed by atoms with E-state index in [1.54, 1.807) is 6.07 Å². The number of carbonyl (C=O) groups excluding carboxylic acids is 1. The maximum absolute atomic E-state index is 13.8. The fourth-order valence-corrected chi connectivity index (χ4v) is 2.85. The SMILES string of the molecule is COc1ccc(C2NCC(=O)N2CC2CCC2)cc1F. The van der Waals surface area contributed by atoms with Crippen molar-refractivity contribution in [3.63, 3.8) is 0 Å². The third-order valence-corrected chi connectivity index (χ3v) is 4.25. The van der Waals surface area contributed by atoms with Crippen LogP contribution in [0.15, 0.2) is 18.2 Å². The van der Waals surface area contributed by atoms with E-state index >= 15 is 0 Å². The number of nitrogens with zero attached hydrogens (tertiary/aromatic N) is 1. The number of carbonyl (C=O) groups is 1. The Bertz CT molecular complexity index is 517. The molecule has 108 valence electrons. The molecule has 5 heteroatoms. The highest BCUT2D eigenvalue weighted by molar-refractivity contribution is 5.81. The van der Waals surface area contributed by atoms with Crippen LogP contribution in [0.2, 0.25) is 0 Å². The van der Waals surface area contributed by atoms with Crippen LogP contribution < -0.4 is 10.1 Å². The summed E-state index contributed by atoms with van der Waals surface area (Å²) in [4.78, 5) is 13.8. The second kappa shape index (κ2) is 5.40. The van der Waals surface area contributed by atoms with Crippen LogP contribution in [0.5, 0.6) is 5.75 Å².